The zero-order chi connectivity index (χ0) is 26.5. The molecule has 6 nitrogen and oxygen atoms in total. The van der Waals surface area contributed by atoms with Crippen molar-refractivity contribution in [1.29, 1.82) is 0 Å². The normalized spacial score (nSPS) is 13.9. The molecule has 0 saturated heterocycles. The Hall–Kier alpha value is -3.58. The van der Waals surface area contributed by atoms with E-state index in [9.17, 15) is 15.3 Å². The molecule has 37 heavy (non-hydrogen) atoms. The summed E-state index contributed by atoms with van der Waals surface area (Å²) in [5.41, 5.74) is 6.59. The molecule has 0 bridgehead atoms. The molecule has 0 aliphatic heterocycles. The Morgan fingerprint density at radius 2 is 1.73 bits per heavy atom. The second kappa shape index (κ2) is 11.6. The first-order valence-corrected chi connectivity index (χ1v) is 12.7. The first kappa shape index (κ1) is 26.5. The lowest BCUT2D eigenvalue weighted by Gasteiger charge is -2.18. The Balaban J connectivity index is 1.39. The summed E-state index contributed by atoms with van der Waals surface area (Å²) in [6.45, 7) is 8.65. The van der Waals surface area contributed by atoms with Crippen LogP contribution in [0.4, 0.5) is 0 Å². The van der Waals surface area contributed by atoms with Crippen molar-refractivity contribution < 1.29 is 15.3 Å². The van der Waals surface area contributed by atoms with Crippen molar-refractivity contribution in [2.24, 2.45) is 7.05 Å². The van der Waals surface area contributed by atoms with E-state index in [1.54, 1.807) is 12.1 Å². The second-order valence-corrected chi connectivity index (χ2v) is 9.81. The SMILES string of the molecule is C=C(N[C@H](C)c1ccccc1)c1cc2cc(C[C@@H](C)NC[C@H](O)c3ccc(O)c(CO)c3)ccc2n1C. The molecule has 0 fully saturated rings. The van der Waals surface area contributed by atoms with Crippen molar-refractivity contribution in [3.8, 4) is 5.75 Å². The third-order valence-electron chi connectivity index (χ3n) is 6.97. The van der Waals surface area contributed by atoms with Gasteiger partial charge in [0.1, 0.15) is 5.75 Å². The number of rotatable bonds is 11. The molecule has 0 unspecified atom stereocenters. The molecule has 3 aromatic carbocycles. The van der Waals surface area contributed by atoms with Crippen molar-refractivity contribution in [3.63, 3.8) is 0 Å². The second-order valence-electron chi connectivity index (χ2n) is 9.81. The van der Waals surface area contributed by atoms with Gasteiger partial charge in [0.2, 0.25) is 0 Å². The van der Waals surface area contributed by atoms with E-state index >= 15 is 0 Å². The van der Waals surface area contributed by atoms with E-state index in [1.807, 2.05) is 18.2 Å². The lowest BCUT2D eigenvalue weighted by molar-refractivity contribution is 0.170. The molecule has 0 aliphatic rings. The fourth-order valence-electron chi connectivity index (χ4n) is 4.77. The molecule has 0 aliphatic carbocycles. The summed E-state index contributed by atoms with van der Waals surface area (Å²) >= 11 is 0. The number of nitrogens with one attached hydrogen (secondary N) is 2. The van der Waals surface area contributed by atoms with Crippen LogP contribution in [-0.4, -0.2) is 32.5 Å². The highest BCUT2D eigenvalue weighted by atomic mass is 16.3. The Bertz CT molecular complexity index is 1360. The van der Waals surface area contributed by atoms with Gasteiger partial charge in [0, 0.05) is 42.1 Å². The Morgan fingerprint density at radius 3 is 2.46 bits per heavy atom. The molecule has 3 atom stereocenters. The molecular weight excluding hydrogens is 462 g/mol. The molecule has 0 radical (unpaired) electrons. The van der Waals surface area contributed by atoms with Crippen molar-refractivity contribution in [2.75, 3.05) is 6.54 Å². The minimum Gasteiger partial charge on any atom is -0.508 e. The first-order chi connectivity index (χ1) is 17.8. The summed E-state index contributed by atoms with van der Waals surface area (Å²) in [6.07, 6.45) is 0.0820. The number of fused-ring (bicyclic) bond motifs is 1. The Morgan fingerprint density at radius 1 is 0.973 bits per heavy atom. The lowest BCUT2D eigenvalue weighted by Crippen LogP contribution is -2.32. The van der Waals surface area contributed by atoms with Crippen molar-refractivity contribution in [1.82, 2.24) is 15.2 Å². The smallest absolute Gasteiger partial charge is 0.121 e. The Labute approximate surface area is 218 Å². The van der Waals surface area contributed by atoms with Crippen molar-refractivity contribution in [2.45, 2.75) is 45.1 Å². The number of benzene rings is 3. The van der Waals surface area contributed by atoms with E-state index in [0.29, 0.717) is 17.7 Å². The molecule has 194 valence electrons. The lowest BCUT2D eigenvalue weighted by atomic mass is 10.0. The number of aromatic nitrogens is 1. The highest BCUT2D eigenvalue weighted by molar-refractivity contribution is 5.85. The number of aryl methyl sites for hydroxylation is 1. The van der Waals surface area contributed by atoms with Gasteiger partial charge in [0.05, 0.1) is 24.1 Å². The van der Waals surface area contributed by atoms with E-state index < -0.39 is 6.10 Å². The van der Waals surface area contributed by atoms with Gasteiger partial charge in [0.25, 0.3) is 0 Å². The number of hydrogen-bond donors (Lipinski definition) is 5. The average molecular weight is 500 g/mol. The number of hydrogen-bond acceptors (Lipinski definition) is 5. The molecule has 0 amide bonds. The first-order valence-electron chi connectivity index (χ1n) is 12.7. The van der Waals surface area contributed by atoms with Gasteiger partial charge in [-0.2, -0.15) is 0 Å². The molecule has 0 saturated carbocycles. The van der Waals surface area contributed by atoms with Crippen LogP contribution in [0.3, 0.4) is 0 Å². The van der Waals surface area contributed by atoms with Gasteiger partial charge in [-0.25, -0.2) is 0 Å². The Kier molecular flexibility index (Phi) is 8.34. The largest absolute Gasteiger partial charge is 0.508 e. The zero-order valence-electron chi connectivity index (χ0n) is 21.8. The maximum Gasteiger partial charge on any atom is 0.121 e. The van der Waals surface area contributed by atoms with Crippen LogP contribution in [-0.2, 0) is 20.1 Å². The van der Waals surface area contributed by atoms with Crippen LogP contribution in [0.25, 0.3) is 16.6 Å². The molecule has 1 heterocycles. The van der Waals surface area contributed by atoms with E-state index in [1.165, 1.54) is 17.2 Å². The number of aliphatic hydroxyl groups is 2. The predicted molar refractivity (Wildman–Crippen MR) is 150 cm³/mol. The number of aromatic hydroxyl groups is 1. The number of phenols is 1. The van der Waals surface area contributed by atoms with Crippen LogP contribution in [0.15, 0.2) is 79.4 Å². The topological polar surface area (TPSA) is 89.7 Å². The van der Waals surface area contributed by atoms with Gasteiger partial charge < -0.3 is 30.5 Å². The molecule has 6 heteroatoms. The summed E-state index contributed by atoms with van der Waals surface area (Å²) in [5, 5.41) is 37.8. The van der Waals surface area contributed by atoms with Gasteiger partial charge in [0.15, 0.2) is 0 Å². The number of aliphatic hydroxyl groups excluding tert-OH is 2. The highest BCUT2D eigenvalue weighted by Crippen LogP contribution is 2.26. The summed E-state index contributed by atoms with van der Waals surface area (Å²) < 4.78 is 2.17. The monoisotopic (exact) mass is 499 g/mol. The fraction of sp³-hybridized carbons (Fsp3) is 0.290. The van der Waals surface area contributed by atoms with Crippen LogP contribution in [0.2, 0.25) is 0 Å². The maximum atomic E-state index is 10.6. The van der Waals surface area contributed by atoms with Gasteiger partial charge in [-0.1, -0.05) is 49.0 Å². The quantitative estimate of drug-likeness (QED) is 0.201. The van der Waals surface area contributed by atoms with Gasteiger partial charge >= 0.3 is 0 Å². The third kappa shape index (κ3) is 6.23. The van der Waals surface area contributed by atoms with E-state index in [-0.39, 0.29) is 24.4 Å². The molecule has 4 rings (SSSR count). The average Bonchev–Trinajstić information content (AvgIpc) is 3.23. The fourth-order valence-corrected chi connectivity index (χ4v) is 4.77. The third-order valence-corrected chi connectivity index (χ3v) is 6.97. The molecule has 0 spiro atoms. The van der Waals surface area contributed by atoms with Gasteiger partial charge in [-0.05, 0) is 67.3 Å². The number of nitrogens with zero attached hydrogens (tertiary/aromatic N) is 1. The van der Waals surface area contributed by atoms with E-state index in [2.05, 4.69) is 79.1 Å². The van der Waals surface area contributed by atoms with Crippen LogP contribution < -0.4 is 10.6 Å². The summed E-state index contributed by atoms with van der Waals surface area (Å²) in [5.74, 6) is 0.0318. The minimum absolute atomic E-state index is 0.0318. The van der Waals surface area contributed by atoms with Crippen molar-refractivity contribution in [3.05, 3.63) is 107 Å². The van der Waals surface area contributed by atoms with E-state index in [4.69, 9.17) is 0 Å². The molecular formula is C31H37N3O3. The summed E-state index contributed by atoms with van der Waals surface area (Å²) in [4.78, 5) is 0. The zero-order valence-corrected chi connectivity index (χ0v) is 21.8. The minimum atomic E-state index is -0.732. The van der Waals surface area contributed by atoms with Gasteiger partial charge in [-0.15, -0.1) is 0 Å². The van der Waals surface area contributed by atoms with E-state index in [0.717, 1.165) is 28.7 Å². The van der Waals surface area contributed by atoms with Crippen LogP contribution in [0, 0.1) is 0 Å². The summed E-state index contributed by atoms with van der Waals surface area (Å²) in [6, 6.07) is 24.2. The van der Waals surface area contributed by atoms with Gasteiger partial charge in [-0.3, -0.25) is 0 Å². The molecule has 1 aromatic heterocycles. The van der Waals surface area contributed by atoms with Crippen LogP contribution in [0.1, 0.15) is 53.9 Å². The van der Waals surface area contributed by atoms with Crippen LogP contribution >= 0.6 is 0 Å². The standard InChI is InChI=1S/C31H37N3O3/c1-20(32-18-31(37)25-11-13-30(36)27(16-25)19-35)14-23-10-12-28-26(15-23)17-29(34(28)4)22(3)33-21(2)24-8-6-5-7-9-24/h5-13,15-17,20-21,31-33,35-37H,3,14,18-19H2,1-2,4H3/t20-,21-,31+/m1/s1. The highest BCUT2D eigenvalue weighted by Gasteiger charge is 2.15. The summed E-state index contributed by atoms with van der Waals surface area (Å²) in [7, 11) is 2.06. The maximum absolute atomic E-state index is 10.6. The molecule has 4 aromatic rings. The van der Waals surface area contributed by atoms with Crippen molar-refractivity contribution >= 4 is 16.6 Å². The van der Waals surface area contributed by atoms with Crippen LogP contribution in [0.5, 0.6) is 5.75 Å². The predicted octanol–water partition coefficient (Wildman–Crippen LogP) is 4.95. The molecule has 5 N–H and O–H groups in total.